The molecule has 27 heavy (non-hydrogen) atoms. The van der Waals surface area contributed by atoms with Crippen molar-refractivity contribution in [3.05, 3.63) is 53.7 Å². The number of nitrogens with two attached hydrogens (primary N) is 1. The molecular weight excluding hydrogens is 342 g/mol. The summed E-state index contributed by atoms with van der Waals surface area (Å²) in [6.45, 7) is 5.96. The Kier molecular flexibility index (Phi) is 4.77. The summed E-state index contributed by atoms with van der Waals surface area (Å²) >= 11 is 0. The number of nitrogen functional groups attached to an aromatic ring is 1. The second-order valence-corrected chi connectivity index (χ2v) is 7.12. The Labute approximate surface area is 157 Å². The zero-order valence-corrected chi connectivity index (χ0v) is 15.4. The molecule has 0 amide bonds. The zero-order valence-electron chi connectivity index (χ0n) is 15.4. The van der Waals surface area contributed by atoms with Gasteiger partial charge in [0.25, 0.3) is 0 Å². The van der Waals surface area contributed by atoms with Crippen LogP contribution in [0.5, 0.6) is 0 Å². The lowest BCUT2D eigenvalue weighted by Crippen LogP contribution is -2.25. The minimum atomic E-state index is -0.394. The molecule has 0 radical (unpaired) electrons. The second kappa shape index (κ2) is 7.03. The molecule has 0 saturated carbocycles. The first kappa shape index (κ1) is 18.3. The summed E-state index contributed by atoms with van der Waals surface area (Å²) < 4.78 is 1.75. The van der Waals surface area contributed by atoms with E-state index in [1.807, 2.05) is 32.9 Å². The van der Waals surface area contributed by atoms with Crippen molar-refractivity contribution < 1.29 is 9.59 Å². The molecule has 0 unspecified atom stereocenters. The van der Waals surface area contributed by atoms with Crippen LogP contribution >= 0.6 is 0 Å². The van der Waals surface area contributed by atoms with Crippen molar-refractivity contribution >= 4 is 29.9 Å². The van der Waals surface area contributed by atoms with Gasteiger partial charge in [0.1, 0.15) is 23.0 Å². The molecule has 3 aromatic rings. The van der Waals surface area contributed by atoms with Crippen LogP contribution in [0, 0.1) is 0 Å². The third-order valence-corrected chi connectivity index (χ3v) is 4.00. The lowest BCUT2D eigenvalue weighted by atomic mass is 10.1. The fourth-order valence-corrected chi connectivity index (χ4v) is 2.71. The number of rotatable bonds is 5. The Morgan fingerprint density at radius 3 is 2.33 bits per heavy atom. The number of carbonyl (C=O) groups excluding carboxylic acids is 2. The first-order valence-electron chi connectivity index (χ1n) is 8.47. The van der Waals surface area contributed by atoms with Crippen molar-refractivity contribution in [1.29, 1.82) is 0 Å². The van der Waals surface area contributed by atoms with E-state index in [-0.39, 0.29) is 0 Å². The van der Waals surface area contributed by atoms with Gasteiger partial charge in [0.15, 0.2) is 12.6 Å². The van der Waals surface area contributed by atoms with Gasteiger partial charge in [-0.05, 0) is 45.0 Å². The number of aldehydes is 2. The van der Waals surface area contributed by atoms with E-state index in [0.717, 1.165) is 11.8 Å². The standard InChI is InChI=1S/C20H21N5O2/c1-20(2,3)25-19(23-17-6-4-5-15(11-26)22-17)16(12-27)18(24-25)13-7-9-14(21)10-8-13/h4-12H,21H2,1-3H3,(H,22,23). The lowest BCUT2D eigenvalue weighted by molar-refractivity contribution is 0.111. The van der Waals surface area contributed by atoms with Gasteiger partial charge in [-0.1, -0.05) is 18.2 Å². The average Bonchev–Trinajstić information content (AvgIpc) is 3.01. The number of pyridine rings is 1. The van der Waals surface area contributed by atoms with E-state index in [1.54, 1.807) is 35.0 Å². The van der Waals surface area contributed by atoms with E-state index < -0.39 is 5.54 Å². The van der Waals surface area contributed by atoms with Crippen molar-refractivity contribution in [1.82, 2.24) is 14.8 Å². The smallest absolute Gasteiger partial charge is 0.168 e. The molecule has 0 spiro atoms. The van der Waals surface area contributed by atoms with Gasteiger partial charge in [-0.3, -0.25) is 9.59 Å². The van der Waals surface area contributed by atoms with Crippen molar-refractivity contribution in [2.75, 3.05) is 11.1 Å². The predicted octanol–water partition coefficient (Wildman–Crippen LogP) is 3.65. The minimum absolute atomic E-state index is 0.299. The van der Waals surface area contributed by atoms with E-state index >= 15 is 0 Å². The van der Waals surface area contributed by atoms with Gasteiger partial charge < -0.3 is 11.1 Å². The number of hydrogen-bond donors (Lipinski definition) is 2. The van der Waals surface area contributed by atoms with Gasteiger partial charge in [0.05, 0.1) is 11.1 Å². The Balaban J connectivity index is 2.17. The maximum atomic E-state index is 11.9. The van der Waals surface area contributed by atoms with Gasteiger partial charge in [0.2, 0.25) is 0 Å². The summed E-state index contributed by atoms with van der Waals surface area (Å²) in [5, 5.41) is 7.83. The van der Waals surface area contributed by atoms with Crippen LogP contribution in [0.3, 0.4) is 0 Å². The van der Waals surface area contributed by atoms with Gasteiger partial charge in [-0.25, -0.2) is 9.67 Å². The van der Waals surface area contributed by atoms with E-state index in [0.29, 0.717) is 40.6 Å². The molecule has 2 aromatic heterocycles. The van der Waals surface area contributed by atoms with Gasteiger partial charge >= 0.3 is 0 Å². The predicted molar refractivity (Wildman–Crippen MR) is 105 cm³/mol. The van der Waals surface area contributed by atoms with Crippen molar-refractivity contribution in [3.63, 3.8) is 0 Å². The summed E-state index contributed by atoms with van der Waals surface area (Å²) in [7, 11) is 0. The average molecular weight is 363 g/mol. The highest BCUT2D eigenvalue weighted by atomic mass is 16.1. The van der Waals surface area contributed by atoms with Crippen LogP contribution in [0.4, 0.5) is 17.3 Å². The Bertz CT molecular complexity index is 985. The molecule has 0 atom stereocenters. The largest absolute Gasteiger partial charge is 0.399 e. The Morgan fingerprint density at radius 2 is 1.74 bits per heavy atom. The van der Waals surface area contributed by atoms with Crippen LogP contribution in [-0.2, 0) is 5.54 Å². The molecule has 3 N–H and O–H groups in total. The topological polar surface area (TPSA) is 103 Å². The minimum Gasteiger partial charge on any atom is -0.399 e. The fourth-order valence-electron chi connectivity index (χ4n) is 2.71. The van der Waals surface area contributed by atoms with Crippen LogP contribution < -0.4 is 11.1 Å². The van der Waals surface area contributed by atoms with E-state index in [9.17, 15) is 9.59 Å². The van der Waals surface area contributed by atoms with Crippen molar-refractivity contribution in [2.24, 2.45) is 0 Å². The van der Waals surface area contributed by atoms with Crippen molar-refractivity contribution in [2.45, 2.75) is 26.3 Å². The normalized spacial score (nSPS) is 11.2. The fraction of sp³-hybridized carbons (Fsp3) is 0.200. The summed E-state index contributed by atoms with van der Waals surface area (Å²) in [4.78, 5) is 27.2. The second-order valence-electron chi connectivity index (χ2n) is 7.12. The molecule has 0 aliphatic heterocycles. The summed E-state index contributed by atoms with van der Waals surface area (Å²) in [6, 6.07) is 12.2. The SMILES string of the molecule is CC(C)(C)n1nc(-c2ccc(N)cc2)c(C=O)c1Nc1cccc(C=O)n1. The number of benzene rings is 1. The molecule has 7 heteroatoms. The maximum absolute atomic E-state index is 11.9. The highest BCUT2D eigenvalue weighted by molar-refractivity contribution is 5.93. The van der Waals surface area contributed by atoms with E-state index in [2.05, 4.69) is 15.4 Å². The summed E-state index contributed by atoms with van der Waals surface area (Å²) in [5.74, 6) is 0.969. The number of nitrogens with zero attached hydrogens (tertiary/aromatic N) is 3. The Hall–Kier alpha value is -3.48. The molecule has 0 saturated heterocycles. The number of nitrogens with one attached hydrogen (secondary N) is 1. The van der Waals surface area contributed by atoms with E-state index in [1.165, 1.54) is 0 Å². The van der Waals surface area contributed by atoms with Gasteiger partial charge in [-0.15, -0.1) is 0 Å². The number of carbonyl (C=O) groups is 2. The van der Waals surface area contributed by atoms with Crippen LogP contribution in [0.15, 0.2) is 42.5 Å². The molecular formula is C20H21N5O2. The summed E-state index contributed by atoms with van der Waals surface area (Å²) in [6.07, 6.45) is 1.44. The zero-order chi connectivity index (χ0) is 19.6. The van der Waals surface area contributed by atoms with Crippen LogP contribution in [0.2, 0.25) is 0 Å². The molecule has 0 aliphatic rings. The maximum Gasteiger partial charge on any atom is 0.168 e. The van der Waals surface area contributed by atoms with Crippen LogP contribution in [0.1, 0.15) is 41.6 Å². The highest BCUT2D eigenvalue weighted by Gasteiger charge is 2.26. The number of aromatic nitrogens is 3. The van der Waals surface area contributed by atoms with E-state index in [4.69, 9.17) is 5.73 Å². The van der Waals surface area contributed by atoms with Crippen LogP contribution in [0.25, 0.3) is 11.3 Å². The molecule has 138 valence electrons. The quantitative estimate of drug-likeness (QED) is 0.530. The lowest BCUT2D eigenvalue weighted by Gasteiger charge is -2.22. The first-order chi connectivity index (χ1) is 12.8. The molecule has 0 bridgehead atoms. The van der Waals surface area contributed by atoms with Gasteiger partial charge in [0, 0.05) is 11.3 Å². The summed E-state index contributed by atoms with van der Waals surface area (Å²) in [5.41, 5.74) is 8.05. The first-order valence-corrected chi connectivity index (χ1v) is 8.47. The van der Waals surface area contributed by atoms with Crippen molar-refractivity contribution in [3.8, 4) is 11.3 Å². The third kappa shape index (κ3) is 3.72. The molecule has 0 aliphatic carbocycles. The molecule has 0 fully saturated rings. The van der Waals surface area contributed by atoms with Gasteiger partial charge in [-0.2, -0.15) is 5.10 Å². The third-order valence-electron chi connectivity index (χ3n) is 4.00. The number of hydrogen-bond acceptors (Lipinski definition) is 6. The molecule has 3 rings (SSSR count). The van der Waals surface area contributed by atoms with Crippen LogP contribution in [-0.4, -0.2) is 27.3 Å². The highest BCUT2D eigenvalue weighted by Crippen LogP contribution is 2.33. The molecule has 1 aromatic carbocycles. The Morgan fingerprint density at radius 1 is 1.04 bits per heavy atom. The number of anilines is 3. The monoisotopic (exact) mass is 363 g/mol. The molecule has 2 heterocycles. The molecule has 7 nitrogen and oxygen atoms in total.